The topological polar surface area (TPSA) is 0 Å². The van der Waals surface area contributed by atoms with Crippen LogP contribution in [0.5, 0.6) is 0 Å². The molecule has 9 heavy (non-hydrogen) atoms. The minimum absolute atomic E-state index is 1.07. The molecule has 0 saturated heterocycles. The van der Waals surface area contributed by atoms with Gasteiger partial charge in [-0.2, -0.15) is 0 Å². The Morgan fingerprint density at radius 2 is 2.00 bits per heavy atom. The summed E-state index contributed by atoms with van der Waals surface area (Å²) in [7, 11) is 0. The minimum atomic E-state index is 1.07. The standard InChI is InChI=1S/C8H15I/c1-2-7-3-4-8(5-7)6-9/h7-8H,2-6H2,1H3. The highest BCUT2D eigenvalue weighted by atomic mass is 127. The second-order valence-electron chi connectivity index (χ2n) is 3.11. The smallest absolute Gasteiger partial charge is 0.00238 e. The highest BCUT2D eigenvalue weighted by Crippen LogP contribution is 2.33. The summed E-state index contributed by atoms with van der Waals surface area (Å²) in [5, 5.41) is 0. The van der Waals surface area contributed by atoms with Crippen LogP contribution in [0.1, 0.15) is 32.6 Å². The molecule has 1 rings (SSSR count). The van der Waals surface area contributed by atoms with Gasteiger partial charge in [-0.25, -0.2) is 0 Å². The molecule has 2 atom stereocenters. The summed E-state index contributed by atoms with van der Waals surface area (Å²) in [6.07, 6.45) is 5.93. The molecule has 0 nitrogen and oxygen atoms in total. The fourth-order valence-electron chi connectivity index (χ4n) is 1.69. The van der Waals surface area contributed by atoms with Crippen molar-refractivity contribution in [3.05, 3.63) is 0 Å². The van der Waals surface area contributed by atoms with Crippen molar-refractivity contribution in [2.45, 2.75) is 32.6 Å². The molecular weight excluding hydrogens is 223 g/mol. The van der Waals surface area contributed by atoms with Crippen molar-refractivity contribution in [3.63, 3.8) is 0 Å². The van der Waals surface area contributed by atoms with Gasteiger partial charge < -0.3 is 0 Å². The van der Waals surface area contributed by atoms with Gasteiger partial charge >= 0.3 is 0 Å². The van der Waals surface area contributed by atoms with Crippen molar-refractivity contribution >= 4 is 22.6 Å². The Morgan fingerprint density at radius 3 is 2.33 bits per heavy atom. The fraction of sp³-hybridized carbons (Fsp3) is 1.00. The van der Waals surface area contributed by atoms with E-state index in [2.05, 4.69) is 29.5 Å². The average molecular weight is 238 g/mol. The first-order chi connectivity index (χ1) is 4.36. The molecule has 1 saturated carbocycles. The molecule has 1 aliphatic rings. The Balaban J connectivity index is 2.20. The van der Waals surface area contributed by atoms with Gasteiger partial charge in [0.2, 0.25) is 0 Å². The van der Waals surface area contributed by atoms with E-state index < -0.39 is 0 Å². The zero-order valence-corrected chi connectivity index (χ0v) is 8.23. The molecule has 0 amide bonds. The lowest BCUT2D eigenvalue weighted by atomic mass is 10.0. The Morgan fingerprint density at radius 1 is 1.33 bits per heavy atom. The van der Waals surface area contributed by atoms with Crippen LogP contribution < -0.4 is 0 Å². The molecule has 0 spiro atoms. The van der Waals surface area contributed by atoms with E-state index in [9.17, 15) is 0 Å². The molecule has 0 aromatic rings. The second kappa shape index (κ2) is 3.79. The van der Waals surface area contributed by atoms with Gasteiger partial charge in [0.1, 0.15) is 0 Å². The lowest BCUT2D eigenvalue weighted by Gasteiger charge is -2.04. The lowest BCUT2D eigenvalue weighted by Crippen LogP contribution is -1.95. The van der Waals surface area contributed by atoms with Crippen LogP contribution in [0.3, 0.4) is 0 Å². The number of hydrogen-bond donors (Lipinski definition) is 0. The van der Waals surface area contributed by atoms with E-state index in [4.69, 9.17) is 0 Å². The summed E-state index contributed by atoms with van der Waals surface area (Å²) in [5.74, 6) is 2.14. The summed E-state index contributed by atoms with van der Waals surface area (Å²) in [4.78, 5) is 0. The van der Waals surface area contributed by atoms with Gasteiger partial charge in [-0.1, -0.05) is 42.4 Å². The summed E-state index contributed by atoms with van der Waals surface area (Å²) >= 11 is 2.52. The monoisotopic (exact) mass is 238 g/mol. The molecule has 54 valence electrons. The average Bonchev–Trinajstić information content (AvgIpc) is 2.34. The maximum atomic E-state index is 2.52. The summed E-state index contributed by atoms with van der Waals surface area (Å²) in [6, 6.07) is 0. The largest absolute Gasteiger partial charge is 0.0861 e. The first-order valence-electron chi connectivity index (χ1n) is 3.92. The van der Waals surface area contributed by atoms with Crippen LogP contribution >= 0.6 is 22.6 Å². The molecule has 1 aliphatic carbocycles. The van der Waals surface area contributed by atoms with Crippen LogP contribution in [0.4, 0.5) is 0 Å². The number of alkyl halides is 1. The van der Waals surface area contributed by atoms with E-state index in [1.807, 2.05) is 0 Å². The van der Waals surface area contributed by atoms with Crippen molar-refractivity contribution in [2.75, 3.05) is 4.43 Å². The van der Waals surface area contributed by atoms with Gasteiger partial charge in [0.15, 0.2) is 0 Å². The Hall–Kier alpha value is 0.730. The Bertz CT molecular complexity index is 70.6. The van der Waals surface area contributed by atoms with Crippen LogP contribution in [0.2, 0.25) is 0 Å². The van der Waals surface area contributed by atoms with Crippen molar-refractivity contribution in [1.82, 2.24) is 0 Å². The van der Waals surface area contributed by atoms with Gasteiger partial charge in [-0.15, -0.1) is 0 Å². The molecule has 0 aromatic carbocycles. The third-order valence-corrected chi connectivity index (χ3v) is 3.69. The van der Waals surface area contributed by atoms with Gasteiger partial charge in [0, 0.05) is 4.43 Å². The summed E-state index contributed by atoms with van der Waals surface area (Å²) in [5.41, 5.74) is 0. The summed E-state index contributed by atoms with van der Waals surface area (Å²) < 4.78 is 1.38. The first kappa shape index (κ1) is 7.83. The molecule has 0 aliphatic heterocycles. The molecule has 0 heterocycles. The molecular formula is C8H15I. The van der Waals surface area contributed by atoms with Crippen molar-refractivity contribution in [2.24, 2.45) is 11.8 Å². The fourth-order valence-corrected chi connectivity index (χ4v) is 2.49. The van der Waals surface area contributed by atoms with E-state index in [0.717, 1.165) is 11.8 Å². The van der Waals surface area contributed by atoms with Crippen molar-refractivity contribution in [3.8, 4) is 0 Å². The maximum absolute atomic E-state index is 2.52. The molecule has 0 bridgehead atoms. The maximum Gasteiger partial charge on any atom is 0.00238 e. The SMILES string of the molecule is CCC1CCC(CI)C1. The molecule has 0 aromatic heterocycles. The van der Waals surface area contributed by atoms with E-state index in [1.165, 1.54) is 30.1 Å². The molecule has 0 N–H and O–H groups in total. The Labute approximate surface area is 71.5 Å². The molecule has 2 unspecified atom stereocenters. The molecule has 0 radical (unpaired) electrons. The highest BCUT2D eigenvalue weighted by molar-refractivity contribution is 14.1. The van der Waals surface area contributed by atoms with E-state index in [-0.39, 0.29) is 0 Å². The van der Waals surface area contributed by atoms with Gasteiger partial charge in [-0.3, -0.25) is 0 Å². The van der Waals surface area contributed by atoms with Crippen molar-refractivity contribution < 1.29 is 0 Å². The highest BCUT2D eigenvalue weighted by Gasteiger charge is 2.21. The molecule has 1 heteroatoms. The Kier molecular flexibility index (Phi) is 3.30. The van der Waals surface area contributed by atoms with E-state index in [0.29, 0.717) is 0 Å². The number of rotatable bonds is 2. The number of hydrogen-bond acceptors (Lipinski definition) is 0. The van der Waals surface area contributed by atoms with Gasteiger partial charge in [0.25, 0.3) is 0 Å². The van der Waals surface area contributed by atoms with E-state index >= 15 is 0 Å². The van der Waals surface area contributed by atoms with E-state index in [1.54, 1.807) is 0 Å². The van der Waals surface area contributed by atoms with Crippen LogP contribution in [-0.2, 0) is 0 Å². The normalized spacial score (nSPS) is 35.3. The zero-order chi connectivity index (χ0) is 6.69. The predicted molar refractivity (Wildman–Crippen MR) is 50.0 cm³/mol. The van der Waals surface area contributed by atoms with Crippen LogP contribution in [0.25, 0.3) is 0 Å². The quantitative estimate of drug-likeness (QED) is 0.511. The summed E-state index contributed by atoms with van der Waals surface area (Å²) in [6.45, 7) is 2.32. The van der Waals surface area contributed by atoms with Crippen LogP contribution in [-0.4, -0.2) is 4.43 Å². The van der Waals surface area contributed by atoms with Crippen molar-refractivity contribution in [1.29, 1.82) is 0 Å². The van der Waals surface area contributed by atoms with Gasteiger partial charge in [0.05, 0.1) is 0 Å². The lowest BCUT2D eigenvalue weighted by molar-refractivity contribution is 0.506. The zero-order valence-electron chi connectivity index (χ0n) is 6.07. The molecule has 1 fully saturated rings. The van der Waals surface area contributed by atoms with Gasteiger partial charge in [-0.05, 0) is 24.7 Å². The van der Waals surface area contributed by atoms with Crippen LogP contribution in [0, 0.1) is 11.8 Å². The predicted octanol–water partition coefficient (Wildman–Crippen LogP) is 3.25. The van der Waals surface area contributed by atoms with Crippen LogP contribution in [0.15, 0.2) is 0 Å². The third kappa shape index (κ3) is 2.10. The number of halogens is 1. The minimum Gasteiger partial charge on any atom is -0.0861 e. The third-order valence-electron chi connectivity index (χ3n) is 2.45. The second-order valence-corrected chi connectivity index (χ2v) is 3.99. The first-order valence-corrected chi connectivity index (χ1v) is 5.45.